The summed E-state index contributed by atoms with van der Waals surface area (Å²) in [7, 11) is -1.35. The minimum atomic E-state index is -3.69. The Morgan fingerprint density at radius 2 is 1.77 bits per heavy atom. The third-order valence-electron chi connectivity index (χ3n) is 2.35. The summed E-state index contributed by atoms with van der Waals surface area (Å²) < 4.78 is 36.3. The Balaban J connectivity index is 2.54. The molecule has 0 fully saturated rings. The fourth-order valence-electron chi connectivity index (χ4n) is 1.43. The van der Waals surface area contributed by atoms with Crippen molar-refractivity contribution in [3.8, 4) is 5.75 Å². The molecule has 1 aromatic carbocycles. The summed E-state index contributed by atoms with van der Waals surface area (Å²) in [5.41, 5.74) is 0. The molecule has 22 heavy (non-hydrogen) atoms. The van der Waals surface area contributed by atoms with E-state index < -0.39 is 20.1 Å². The van der Waals surface area contributed by atoms with Crippen molar-refractivity contribution in [2.24, 2.45) is 0 Å². The Morgan fingerprint density at radius 3 is 2.32 bits per heavy atom. The summed E-state index contributed by atoms with van der Waals surface area (Å²) in [5.74, 6) is -0.105. The maximum Gasteiger partial charge on any atom is 0.529 e. The van der Waals surface area contributed by atoms with E-state index in [0.717, 1.165) is 6.08 Å². The molecule has 0 bridgehead atoms. The van der Waals surface area contributed by atoms with Gasteiger partial charge in [0.2, 0.25) is 6.29 Å². The number of carbonyl (C=O) groups excluding carboxylic acids is 1. The number of allylic oxidation sites excluding steroid dienone is 1. The minimum absolute atomic E-state index is 0.0314. The normalized spacial score (nSPS) is 13.4. The molecule has 1 atom stereocenters. The fourth-order valence-corrected chi connectivity index (χ4v) is 2.13. The van der Waals surface area contributed by atoms with Gasteiger partial charge in [0.1, 0.15) is 11.5 Å². The van der Waals surface area contributed by atoms with Crippen LogP contribution in [-0.2, 0) is 27.7 Å². The molecular weight excluding hydrogens is 311 g/mol. The van der Waals surface area contributed by atoms with Gasteiger partial charge in [0.15, 0.2) is 0 Å². The van der Waals surface area contributed by atoms with Gasteiger partial charge in [-0.3, -0.25) is 9.05 Å². The number of benzene rings is 1. The topological polar surface area (TPSA) is 80.3 Å². The van der Waals surface area contributed by atoms with Gasteiger partial charge in [-0.15, -0.1) is 0 Å². The zero-order valence-corrected chi connectivity index (χ0v) is 13.7. The van der Waals surface area contributed by atoms with Crippen LogP contribution < -0.4 is 4.74 Å². The number of phosphoric ester groups is 1. The van der Waals surface area contributed by atoms with Crippen LogP contribution in [0.2, 0.25) is 0 Å². The van der Waals surface area contributed by atoms with Gasteiger partial charge >= 0.3 is 13.8 Å². The molecule has 1 aromatic rings. The van der Waals surface area contributed by atoms with E-state index in [4.69, 9.17) is 14.0 Å². The second-order valence-corrected chi connectivity index (χ2v) is 5.90. The number of carbonyl (C=O) groups is 1. The first-order valence-electron chi connectivity index (χ1n) is 6.40. The average molecular weight is 330 g/mol. The first-order chi connectivity index (χ1) is 10.4. The van der Waals surface area contributed by atoms with Crippen LogP contribution in [0.4, 0.5) is 0 Å². The van der Waals surface area contributed by atoms with Crippen LogP contribution in [0.25, 0.3) is 0 Å². The lowest BCUT2D eigenvalue weighted by molar-refractivity contribution is -0.155. The Bertz CT molecular complexity index is 548. The maximum absolute atomic E-state index is 11.7. The number of esters is 1. The molecule has 0 aliphatic carbocycles. The van der Waals surface area contributed by atoms with E-state index in [0.29, 0.717) is 5.75 Å². The van der Waals surface area contributed by atoms with E-state index >= 15 is 0 Å². The van der Waals surface area contributed by atoms with Gasteiger partial charge in [-0.05, 0) is 19.1 Å². The predicted molar refractivity (Wildman–Crippen MR) is 79.1 cm³/mol. The van der Waals surface area contributed by atoms with E-state index in [1.54, 1.807) is 31.2 Å². The molecule has 0 aliphatic heterocycles. The highest BCUT2D eigenvalue weighted by molar-refractivity contribution is 7.48. The van der Waals surface area contributed by atoms with Gasteiger partial charge in [-0.25, -0.2) is 9.36 Å². The van der Waals surface area contributed by atoms with E-state index in [9.17, 15) is 9.36 Å². The molecule has 0 radical (unpaired) electrons. The van der Waals surface area contributed by atoms with Gasteiger partial charge in [-0.1, -0.05) is 18.2 Å². The van der Waals surface area contributed by atoms with Crippen LogP contribution >= 0.6 is 7.82 Å². The van der Waals surface area contributed by atoms with Crippen LogP contribution in [0.15, 0.2) is 42.2 Å². The molecule has 0 saturated carbocycles. The number of ether oxygens (including phenoxy) is 2. The second-order valence-electron chi connectivity index (χ2n) is 4.09. The van der Waals surface area contributed by atoms with Crippen LogP contribution in [-0.4, -0.2) is 26.5 Å². The molecule has 7 nitrogen and oxygen atoms in total. The average Bonchev–Trinajstić information content (AvgIpc) is 2.47. The van der Waals surface area contributed by atoms with E-state index in [-0.39, 0.29) is 5.76 Å². The summed E-state index contributed by atoms with van der Waals surface area (Å²) in [6.45, 7) is 3.00. The van der Waals surface area contributed by atoms with E-state index in [1.165, 1.54) is 21.1 Å². The van der Waals surface area contributed by atoms with Gasteiger partial charge in [-0.2, -0.15) is 0 Å². The molecule has 0 amide bonds. The molecule has 8 heteroatoms. The number of hydrogen-bond donors (Lipinski definition) is 0. The van der Waals surface area contributed by atoms with Gasteiger partial charge in [0.05, 0.1) is 6.08 Å². The lowest BCUT2D eigenvalue weighted by Gasteiger charge is -2.16. The molecule has 0 aromatic heterocycles. The second kappa shape index (κ2) is 8.58. The van der Waals surface area contributed by atoms with Crippen LogP contribution in [0, 0.1) is 0 Å². The first-order valence-corrected chi connectivity index (χ1v) is 7.86. The zero-order valence-electron chi connectivity index (χ0n) is 12.8. The Hall–Kier alpha value is -1.82. The maximum atomic E-state index is 11.7. The summed E-state index contributed by atoms with van der Waals surface area (Å²) in [4.78, 5) is 11.7. The van der Waals surface area contributed by atoms with Gasteiger partial charge < -0.3 is 14.0 Å². The molecule has 1 unspecified atom stereocenters. The standard InChI is InChI=1S/C14H19O7P/c1-11(21-22(16,17-3)18-4)10-14(15)20-12(2)19-13-8-6-5-7-9-13/h5-10,12H,1-4H3/b11-10+. The van der Waals surface area contributed by atoms with Crippen molar-refractivity contribution in [1.29, 1.82) is 0 Å². The zero-order chi connectivity index (χ0) is 16.6. The van der Waals surface area contributed by atoms with Gasteiger partial charge in [0.25, 0.3) is 0 Å². The number of para-hydroxylation sites is 1. The minimum Gasteiger partial charge on any atom is -0.455 e. The molecule has 1 rings (SSSR count). The van der Waals surface area contributed by atoms with E-state index in [2.05, 4.69) is 9.05 Å². The van der Waals surface area contributed by atoms with Crippen LogP contribution in [0.1, 0.15) is 13.8 Å². The summed E-state index contributed by atoms with van der Waals surface area (Å²) >= 11 is 0. The van der Waals surface area contributed by atoms with Crippen LogP contribution in [0.5, 0.6) is 5.75 Å². The van der Waals surface area contributed by atoms with Crippen molar-refractivity contribution >= 4 is 13.8 Å². The Kier molecular flexibility index (Phi) is 7.11. The molecule has 0 saturated heterocycles. The lowest BCUT2D eigenvalue weighted by Crippen LogP contribution is -2.19. The summed E-state index contributed by atoms with van der Waals surface area (Å²) in [6, 6.07) is 8.92. The van der Waals surface area contributed by atoms with Gasteiger partial charge in [0, 0.05) is 21.1 Å². The van der Waals surface area contributed by atoms with Crippen molar-refractivity contribution in [2.75, 3.05) is 14.2 Å². The van der Waals surface area contributed by atoms with Crippen molar-refractivity contribution < 1.29 is 32.4 Å². The monoisotopic (exact) mass is 330 g/mol. The number of rotatable bonds is 8. The molecule has 0 spiro atoms. The third kappa shape index (κ3) is 6.30. The third-order valence-corrected chi connectivity index (χ3v) is 3.76. The largest absolute Gasteiger partial charge is 0.529 e. The highest BCUT2D eigenvalue weighted by Gasteiger charge is 2.24. The fraction of sp³-hybridized carbons (Fsp3) is 0.357. The molecular formula is C14H19O7P. The molecule has 0 aliphatic rings. The Labute approximate surface area is 129 Å². The summed E-state index contributed by atoms with van der Waals surface area (Å²) in [5, 5.41) is 0. The van der Waals surface area contributed by atoms with Crippen molar-refractivity contribution in [3.05, 3.63) is 42.2 Å². The molecule has 122 valence electrons. The van der Waals surface area contributed by atoms with Crippen molar-refractivity contribution in [3.63, 3.8) is 0 Å². The first kappa shape index (κ1) is 18.2. The van der Waals surface area contributed by atoms with Crippen LogP contribution in [0.3, 0.4) is 0 Å². The number of phosphoric acid groups is 1. The van der Waals surface area contributed by atoms with Crippen molar-refractivity contribution in [2.45, 2.75) is 20.1 Å². The Morgan fingerprint density at radius 1 is 1.18 bits per heavy atom. The molecule has 0 heterocycles. The highest BCUT2D eigenvalue weighted by Crippen LogP contribution is 2.49. The quantitative estimate of drug-likeness (QED) is 0.238. The van der Waals surface area contributed by atoms with Crippen molar-refractivity contribution in [1.82, 2.24) is 0 Å². The smallest absolute Gasteiger partial charge is 0.455 e. The highest BCUT2D eigenvalue weighted by atomic mass is 31.2. The predicted octanol–water partition coefficient (Wildman–Crippen LogP) is 3.28. The lowest BCUT2D eigenvalue weighted by atomic mass is 10.3. The van der Waals surface area contributed by atoms with E-state index in [1.807, 2.05) is 6.07 Å². The SMILES string of the molecule is COP(=O)(OC)O/C(C)=C/C(=O)OC(C)Oc1ccccc1. The number of hydrogen-bond acceptors (Lipinski definition) is 7. The molecule has 0 N–H and O–H groups in total. The summed E-state index contributed by atoms with van der Waals surface area (Å²) in [6.07, 6.45) is 0.228.